The van der Waals surface area contributed by atoms with E-state index in [1.54, 1.807) is 0 Å². The van der Waals surface area contributed by atoms with Gasteiger partial charge in [-0.25, -0.2) is 4.79 Å². The zero-order valence-corrected chi connectivity index (χ0v) is 12.4. The number of aryl methyl sites for hydroxylation is 1. The highest BCUT2D eigenvalue weighted by atomic mass is 32.2. The molecular formula is C14H19NO4S. The average Bonchev–Trinajstić information content (AvgIpc) is 2.40. The summed E-state index contributed by atoms with van der Waals surface area (Å²) in [6, 6.07) is 7.09. The summed E-state index contributed by atoms with van der Waals surface area (Å²) >= 11 is 1.45. The van der Waals surface area contributed by atoms with E-state index in [4.69, 9.17) is 9.84 Å². The molecule has 0 heterocycles. The van der Waals surface area contributed by atoms with Crippen LogP contribution in [0, 0.1) is 6.92 Å². The molecule has 5 nitrogen and oxygen atoms in total. The predicted octanol–water partition coefficient (Wildman–Crippen LogP) is 1.44. The number of carbonyl (C=O) groups is 2. The zero-order valence-electron chi connectivity index (χ0n) is 11.6. The van der Waals surface area contributed by atoms with Crippen molar-refractivity contribution in [1.29, 1.82) is 0 Å². The number of thioether (sulfide) groups is 1. The van der Waals surface area contributed by atoms with Crippen molar-refractivity contribution < 1.29 is 19.4 Å². The molecule has 0 aliphatic carbocycles. The summed E-state index contributed by atoms with van der Waals surface area (Å²) in [5.41, 5.74) is 2.33. The third-order valence-electron chi connectivity index (χ3n) is 2.59. The predicted molar refractivity (Wildman–Crippen MR) is 78.8 cm³/mol. The maximum absolute atomic E-state index is 11.6. The fourth-order valence-corrected chi connectivity index (χ4v) is 2.32. The van der Waals surface area contributed by atoms with E-state index in [2.05, 4.69) is 5.32 Å². The van der Waals surface area contributed by atoms with Crippen LogP contribution in [0.5, 0.6) is 0 Å². The summed E-state index contributed by atoms with van der Waals surface area (Å²) < 4.78 is 4.75. The molecular weight excluding hydrogens is 278 g/mol. The summed E-state index contributed by atoms with van der Waals surface area (Å²) in [4.78, 5) is 22.5. The van der Waals surface area contributed by atoms with E-state index in [-0.39, 0.29) is 18.3 Å². The number of carboxylic acids is 1. The number of rotatable bonds is 8. The van der Waals surface area contributed by atoms with Crippen molar-refractivity contribution in [2.75, 3.05) is 19.5 Å². The van der Waals surface area contributed by atoms with E-state index in [0.717, 1.165) is 11.3 Å². The van der Waals surface area contributed by atoms with Gasteiger partial charge in [0.05, 0.1) is 12.4 Å². The Morgan fingerprint density at radius 2 is 2.00 bits per heavy atom. The Hall–Kier alpha value is -1.53. The lowest BCUT2D eigenvalue weighted by Crippen LogP contribution is -2.44. The van der Waals surface area contributed by atoms with Gasteiger partial charge in [-0.05, 0) is 12.5 Å². The normalized spacial score (nSPS) is 11.9. The van der Waals surface area contributed by atoms with Gasteiger partial charge in [0.25, 0.3) is 0 Å². The Morgan fingerprint density at radius 1 is 1.35 bits per heavy atom. The van der Waals surface area contributed by atoms with E-state index >= 15 is 0 Å². The highest BCUT2D eigenvalue weighted by Crippen LogP contribution is 2.12. The Labute approximate surface area is 122 Å². The van der Waals surface area contributed by atoms with Crippen molar-refractivity contribution in [1.82, 2.24) is 5.32 Å². The number of aliphatic carboxylic acids is 1. The van der Waals surface area contributed by atoms with Crippen LogP contribution in [0.4, 0.5) is 0 Å². The van der Waals surface area contributed by atoms with E-state index in [1.807, 2.05) is 31.2 Å². The van der Waals surface area contributed by atoms with Crippen LogP contribution in [0.3, 0.4) is 0 Å². The highest BCUT2D eigenvalue weighted by molar-refractivity contribution is 7.99. The van der Waals surface area contributed by atoms with Gasteiger partial charge >= 0.3 is 5.97 Å². The lowest BCUT2D eigenvalue weighted by atomic mass is 10.2. The second kappa shape index (κ2) is 8.60. The van der Waals surface area contributed by atoms with Gasteiger partial charge in [0.15, 0.2) is 6.04 Å². The van der Waals surface area contributed by atoms with Gasteiger partial charge in [-0.3, -0.25) is 4.79 Å². The largest absolute Gasteiger partial charge is 0.480 e. The molecule has 0 aliphatic heterocycles. The molecule has 1 rings (SSSR count). The molecule has 0 bridgehead atoms. The number of benzene rings is 1. The van der Waals surface area contributed by atoms with Crippen LogP contribution in [-0.2, 0) is 20.1 Å². The topological polar surface area (TPSA) is 75.6 Å². The van der Waals surface area contributed by atoms with Gasteiger partial charge in [0.2, 0.25) is 5.91 Å². The minimum atomic E-state index is -1.09. The summed E-state index contributed by atoms with van der Waals surface area (Å²) in [5.74, 6) is -0.452. The van der Waals surface area contributed by atoms with Gasteiger partial charge in [0.1, 0.15) is 0 Å². The first-order valence-electron chi connectivity index (χ1n) is 6.17. The molecule has 0 fully saturated rings. The van der Waals surface area contributed by atoms with Crippen molar-refractivity contribution in [3.8, 4) is 0 Å². The summed E-state index contributed by atoms with van der Waals surface area (Å²) in [5, 5.41) is 11.3. The van der Waals surface area contributed by atoms with Crippen LogP contribution >= 0.6 is 11.8 Å². The van der Waals surface area contributed by atoms with Crippen molar-refractivity contribution >= 4 is 23.6 Å². The third-order valence-corrected chi connectivity index (χ3v) is 3.59. The third kappa shape index (κ3) is 6.08. The van der Waals surface area contributed by atoms with Crippen molar-refractivity contribution in [3.63, 3.8) is 0 Å². The lowest BCUT2D eigenvalue weighted by Gasteiger charge is -2.13. The first-order chi connectivity index (χ1) is 9.52. The maximum atomic E-state index is 11.6. The number of carbonyl (C=O) groups excluding carboxylic acids is 1. The Kier molecular flexibility index (Phi) is 7.11. The van der Waals surface area contributed by atoms with Crippen LogP contribution in [-0.4, -0.2) is 42.5 Å². The molecule has 0 aromatic heterocycles. The number of hydrogen-bond acceptors (Lipinski definition) is 4. The Bertz CT molecular complexity index is 447. The van der Waals surface area contributed by atoms with Gasteiger partial charge in [0, 0.05) is 12.9 Å². The van der Waals surface area contributed by atoms with Crippen LogP contribution < -0.4 is 5.32 Å². The van der Waals surface area contributed by atoms with Crippen LogP contribution in [0.25, 0.3) is 0 Å². The summed E-state index contributed by atoms with van der Waals surface area (Å²) in [6.07, 6.45) is 0. The molecule has 1 aromatic carbocycles. The molecule has 0 saturated heterocycles. The number of carboxylic acid groups (broad SMARTS) is 1. The molecule has 0 saturated carbocycles. The molecule has 1 amide bonds. The van der Waals surface area contributed by atoms with Crippen molar-refractivity contribution in [2.24, 2.45) is 0 Å². The molecule has 1 atom stereocenters. The minimum Gasteiger partial charge on any atom is -0.480 e. The Balaban J connectivity index is 2.32. The molecule has 6 heteroatoms. The van der Waals surface area contributed by atoms with Crippen molar-refractivity contribution in [3.05, 3.63) is 35.4 Å². The second-order valence-corrected chi connectivity index (χ2v) is 5.38. The number of ether oxygens (including phenoxy) is 1. The fraction of sp³-hybridized carbons (Fsp3) is 0.429. The molecule has 1 aromatic rings. The molecule has 1 unspecified atom stereocenters. The van der Waals surface area contributed by atoms with E-state index in [1.165, 1.54) is 24.4 Å². The zero-order chi connectivity index (χ0) is 15.0. The molecule has 0 spiro atoms. The second-order valence-electron chi connectivity index (χ2n) is 4.39. The number of hydrogen-bond donors (Lipinski definition) is 2. The number of methoxy groups -OCH3 is 1. The standard InChI is InChI=1S/C14H19NO4S/c1-10-3-5-11(6-4-10)8-20-9-13(16)15-12(7-19-2)14(17)18/h3-6,12H,7-9H2,1-2H3,(H,15,16)(H,17,18). The van der Waals surface area contributed by atoms with E-state index in [9.17, 15) is 9.59 Å². The first-order valence-corrected chi connectivity index (χ1v) is 7.32. The summed E-state index contributed by atoms with van der Waals surface area (Å²) in [7, 11) is 1.40. The number of nitrogens with one attached hydrogen (secondary N) is 1. The quantitative estimate of drug-likeness (QED) is 0.759. The van der Waals surface area contributed by atoms with Gasteiger partial charge in [-0.15, -0.1) is 11.8 Å². The smallest absolute Gasteiger partial charge is 0.328 e. The van der Waals surface area contributed by atoms with Gasteiger partial charge in [-0.2, -0.15) is 0 Å². The fourth-order valence-electron chi connectivity index (χ4n) is 1.52. The summed E-state index contributed by atoms with van der Waals surface area (Å²) in [6.45, 7) is 1.98. The Morgan fingerprint density at radius 3 is 2.55 bits per heavy atom. The molecule has 2 N–H and O–H groups in total. The lowest BCUT2D eigenvalue weighted by molar-refractivity contribution is -0.142. The molecule has 0 radical (unpaired) electrons. The van der Waals surface area contributed by atoms with Crippen LogP contribution in [0.15, 0.2) is 24.3 Å². The first kappa shape index (κ1) is 16.5. The molecule has 20 heavy (non-hydrogen) atoms. The van der Waals surface area contributed by atoms with E-state index < -0.39 is 12.0 Å². The number of amides is 1. The van der Waals surface area contributed by atoms with Crippen LogP contribution in [0.1, 0.15) is 11.1 Å². The molecule has 0 aliphatic rings. The average molecular weight is 297 g/mol. The SMILES string of the molecule is COCC(NC(=O)CSCc1ccc(C)cc1)C(=O)O. The highest BCUT2D eigenvalue weighted by Gasteiger charge is 2.19. The minimum absolute atomic E-state index is 0.0380. The maximum Gasteiger partial charge on any atom is 0.328 e. The van der Waals surface area contributed by atoms with Crippen LogP contribution in [0.2, 0.25) is 0 Å². The van der Waals surface area contributed by atoms with E-state index in [0.29, 0.717) is 0 Å². The van der Waals surface area contributed by atoms with Crippen molar-refractivity contribution in [2.45, 2.75) is 18.7 Å². The molecule has 110 valence electrons. The van der Waals surface area contributed by atoms with Gasteiger partial charge in [-0.1, -0.05) is 29.8 Å². The monoisotopic (exact) mass is 297 g/mol. The van der Waals surface area contributed by atoms with Gasteiger partial charge < -0.3 is 15.2 Å².